The molecule has 0 saturated carbocycles. The van der Waals surface area contributed by atoms with Gasteiger partial charge in [-0.05, 0) is 135 Å². The van der Waals surface area contributed by atoms with E-state index in [1.165, 1.54) is 18.4 Å². The molecule has 0 bridgehead atoms. The molecule has 68 heavy (non-hydrogen) atoms. The fourth-order valence-corrected chi connectivity index (χ4v) is 9.12. The van der Waals surface area contributed by atoms with Gasteiger partial charge in [0.15, 0.2) is 0 Å². The van der Waals surface area contributed by atoms with Crippen LogP contribution in [-0.4, -0.2) is 124 Å². The molecule has 4 aromatic rings. The summed E-state index contributed by atoms with van der Waals surface area (Å²) in [6.45, 7) is 27.5. The van der Waals surface area contributed by atoms with Crippen LogP contribution in [-0.2, 0) is 36.0 Å². The molecule has 0 spiro atoms. The standard InChI is InChI=1S/C33H44N6O2.C22H34N2O3/c1-24-21-26(32(41)39-23-27-22-34-36(5)31(27)35-28-10-6-7-11-29(28)39)14-13-25(24)9-8-12-30(40)38-19-17-37(18-20-38)16-15-33(2,3)4;1-17-16-19(21(26)27)9-8-18(17)6-5-7-20(25)24-14-12-23(13-15-24)11-10-22(2,3)4/h6-7,10-11,13-14,21-22,35H,8-9,12,15-20,23H2,1-5H3;8-9,16H,5-7,10-15H2,1-4H3,(H,26,27). The van der Waals surface area contributed by atoms with E-state index in [0.717, 1.165) is 131 Å². The highest BCUT2D eigenvalue weighted by atomic mass is 16.4. The Morgan fingerprint density at radius 3 is 1.63 bits per heavy atom. The van der Waals surface area contributed by atoms with Gasteiger partial charge < -0.3 is 25.1 Å². The lowest BCUT2D eigenvalue weighted by atomic mass is 9.92. The maximum Gasteiger partial charge on any atom is 0.335 e. The van der Waals surface area contributed by atoms with Gasteiger partial charge >= 0.3 is 5.97 Å². The van der Waals surface area contributed by atoms with Crippen molar-refractivity contribution < 1.29 is 24.3 Å². The summed E-state index contributed by atoms with van der Waals surface area (Å²) in [6, 6.07) is 19.1. The molecule has 0 atom stereocenters. The Hall–Kier alpha value is -5.53. The fourth-order valence-electron chi connectivity index (χ4n) is 9.12. The van der Waals surface area contributed by atoms with Gasteiger partial charge in [-0.3, -0.25) is 28.9 Å². The van der Waals surface area contributed by atoms with Crippen molar-refractivity contribution in [3.8, 4) is 0 Å². The van der Waals surface area contributed by atoms with Gasteiger partial charge in [0.2, 0.25) is 11.8 Å². The van der Waals surface area contributed by atoms with Crippen molar-refractivity contribution in [1.82, 2.24) is 29.4 Å². The van der Waals surface area contributed by atoms with Gasteiger partial charge in [-0.25, -0.2) is 4.79 Å². The Kier molecular flexibility index (Phi) is 17.7. The van der Waals surface area contributed by atoms with Crippen molar-refractivity contribution in [2.75, 3.05) is 75.7 Å². The number of rotatable bonds is 14. The zero-order chi connectivity index (χ0) is 49.2. The third-order valence-corrected chi connectivity index (χ3v) is 13.7. The molecule has 2 fully saturated rings. The molecule has 3 aliphatic rings. The second-order valence-corrected chi connectivity index (χ2v) is 21.5. The number of carboxylic acid groups (broad SMARTS) is 1. The van der Waals surface area contributed by atoms with Crippen LogP contribution in [0, 0.1) is 24.7 Å². The molecule has 0 aliphatic carbocycles. The highest BCUT2D eigenvalue weighted by Gasteiger charge is 2.28. The second kappa shape index (κ2) is 23.2. The maximum atomic E-state index is 13.8. The van der Waals surface area contributed by atoms with Crippen molar-refractivity contribution >= 4 is 40.9 Å². The number of amides is 3. The first-order chi connectivity index (χ1) is 32.2. The van der Waals surface area contributed by atoms with Crippen LogP contribution in [0.3, 0.4) is 0 Å². The third-order valence-electron chi connectivity index (χ3n) is 13.7. The van der Waals surface area contributed by atoms with Gasteiger partial charge in [-0.15, -0.1) is 0 Å². The maximum absolute atomic E-state index is 13.8. The van der Waals surface area contributed by atoms with Crippen LogP contribution in [0.25, 0.3) is 0 Å². The number of hydrogen-bond donors (Lipinski definition) is 2. The fraction of sp³-hybridized carbons (Fsp3) is 0.545. The van der Waals surface area contributed by atoms with Gasteiger partial charge in [-0.2, -0.15) is 5.10 Å². The Morgan fingerprint density at radius 1 is 0.662 bits per heavy atom. The van der Waals surface area contributed by atoms with Crippen LogP contribution >= 0.6 is 0 Å². The highest BCUT2D eigenvalue weighted by Crippen LogP contribution is 2.36. The molecule has 2 N–H and O–H groups in total. The first-order valence-electron chi connectivity index (χ1n) is 24.9. The predicted octanol–water partition coefficient (Wildman–Crippen LogP) is 9.13. The minimum atomic E-state index is -0.901. The van der Waals surface area contributed by atoms with Crippen LogP contribution in [0.15, 0.2) is 66.9 Å². The summed E-state index contributed by atoms with van der Waals surface area (Å²) in [4.78, 5) is 61.0. The summed E-state index contributed by atoms with van der Waals surface area (Å²) < 4.78 is 1.80. The highest BCUT2D eigenvalue weighted by molar-refractivity contribution is 6.08. The van der Waals surface area contributed by atoms with Crippen LogP contribution < -0.4 is 10.2 Å². The summed E-state index contributed by atoms with van der Waals surface area (Å²) in [5, 5.41) is 16.9. The molecular weight excluding hydrogens is 853 g/mol. The Balaban J connectivity index is 0.000000245. The van der Waals surface area contributed by atoms with Crippen molar-refractivity contribution in [2.45, 2.75) is 113 Å². The minimum Gasteiger partial charge on any atom is -0.478 e. The van der Waals surface area contributed by atoms with Crippen molar-refractivity contribution in [1.29, 1.82) is 0 Å². The van der Waals surface area contributed by atoms with E-state index in [9.17, 15) is 19.2 Å². The molecule has 3 aromatic carbocycles. The monoisotopic (exact) mass is 931 g/mol. The zero-order valence-corrected chi connectivity index (χ0v) is 42.5. The number of carboxylic acids is 1. The number of hydrogen-bond acceptors (Lipinski definition) is 8. The molecular formula is C55H78N8O5. The van der Waals surface area contributed by atoms with Gasteiger partial charge in [0, 0.05) is 83.4 Å². The Morgan fingerprint density at radius 2 is 1.15 bits per heavy atom. The lowest BCUT2D eigenvalue weighted by Crippen LogP contribution is -2.49. The molecule has 3 aliphatic heterocycles. The van der Waals surface area contributed by atoms with Crippen molar-refractivity contribution in [3.05, 3.63) is 106 Å². The van der Waals surface area contributed by atoms with E-state index >= 15 is 0 Å². The molecule has 4 heterocycles. The zero-order valence-electron chi connectivity index (χ0n) is 42.5. The second-order valence-electron chi connectivity index (χ2n) is 21.5. The van der Waals surface area contributed by atoms with Gasteiger partial charge in [-0.1, -0.05) is 65.8 Å². The summed E-state index contributed by atoms with van der Waals surface area (Å²) in [6.07, 6.45) is 8.55. The SMILES string of the molecule is Cc1cc(C(=O)N2Cc3cnn(C)c3Nc3ccccc32)ccc1CCCC(=O)N1CCN(CCC(C)(C)C)CC1.Cc1cc(C(=O)O)ccc1CCCC(=O)N1CCN(CCC(C)(C)C)CC1. The Labute approximate surface area is 405 Å². The van der Waals surface area contributed by atoms with E-state index < -0.39 is 5.97 Å². The number of aromatic carboxylic acids is 1. The van der Waals surface area contributed by atoms with Crippen LogP contribution in [0.4, 0.5) is 17.2 Å². The number of piperazine rings is 2. The number of benzene rings is 3. The summed E-state index contributed by atoms with van der Waals surface area (Å²) >= 11 is 0. The van der Waals surface area contributed by atoms with Crippen LogP contribution in [0.2, 0.25) is 0 Å². The number of anilines is 3. The van der Waals surface area contributed by atoms with Crippen LogP contribution in [0.1, 0.15) is 129 Å². The van der Waals surface area contributed by atoms with E-state index in [4.69, 9.17) is 5.11 Å². The molecule has 3 amide bonds. The smallest absolute Gasteiger partial charge is 0.335 e. The first kappa shape index (κ1) is 51.9. The van der Waals surface area contributed by atoms with E-state index in [1.807, 2.05) is 77.3 Å². The van der Waals surface area contributed by atoms with E-state index in [0.29, 0.717) is 41.3 Å². The molecule has 2 saturated heterocycles. The van der Waals surface area contributed by atoms with E-state index in [2.05, 4.69) is 74.7 Å². The normalized spacial score (nSPS) is 15.7. The van der Waals surface area contributed by atoms with Crippen molar-refractivity contribution in [3.63, 3.8) is 0 Å². The molecule has 0 unspecified atom stereocenters. The van der Waals surface area contributed by atoms with E-state index in [-0.39, 0.29) is 17.7 Å². The average Bonchev–Trinajstić information content (AvgIpc) is 3.54. The van der Waals surface area contributed by atoms with Crippen molar-refractivity contribution in [2.24, 2.45) is 17.9 Å². The lowest BCUT2D eigenvalue weighted by Gasteiger charge is -2.36. The minimum absolute atomic E-state index is 0.0394. The number of aryl methyl sites for hydroxylation is 5. The predicted molar refractivity (Wildman–Crippen MR) is 273 cm³/mol. The lowest BCUT2D eigenvalue weighted by molar-refractivity contribution is -0.133. The topological polar surface area (TPSA) is 135 Å². The summed E-state index contributed by atoms with van der Waals surface area (Å²) in [5.74, 6) is 0.457. The molecule has 13 nitrogen and oxygen atoms in total. The number of nitrogens with zero attached hydrogens (tertiary/aromatic N) is 7. The number of para-hydroxylation sites is 2. The van der Waals surface area contributed by atoms with Gasteiger partial charge in [0.05, 0.1) is 29.7 Å². The molecule has 368 valence electrons. The summed E-state index contributed by atoms with van der Waals surface area (Å²) in [5.41, 5.74) is 8.76. The van der Waals surface area contributed by atoms with Gasteiger partial charge in [0.1, 0.15) is 5.82 Å². The quantitative estimate of drug-likeness (QED) is 0.127. The number of carbonyl (C=O) groups is 4. The molecule has 7 rings (SSSR count). The average molecular weight is 931 g/mol. The number of aromatic nitrogens is 2. The molecule has 13 heteroatoms. The molecule has 0 radical (unpaired) electrons. The first-order valence-corrected chi connectivity index (χ1v) is 24.9. The van der Waals surface area contributed by atoms with Crippen LogP contribution in [0.5, 0.6) is 0 Å². The number of carbonyl (C=O) groups excluding carboxylic acids is 3. The van der Waals surface area contributed by atoms with Gasteiger partial charge in [0.25, 0.3) is 5.91 Å². The number of fused-ring (bicyclic) bond motifs is 2. The Bertz CT molecular complexity index is 2360. The van der Waals surface area contributed by atoms with E-state index in [1.54, 1.807) is 16.8 Å². The third kappa shape index (κ3) is 14.7. The number of nitrogens with one attached hydrogen (secondary N) is 1. The summed E-state index contributed by atoms with van der Waals surface area (Å²) in [7, 11) is 1.90. The largest absolute Gasteiger partial charge is 0.478 e. The molecule has 1 aromatic heterocycles.